The minimum Gasteiger partial charge on any atom is -0.490 e. The Morgan fingerprint density at radius 3 is 2.60 bits per heavy atom. The van der Waals surface area contributed by atoms with Crippen molar-refractivity contribution in [1.82, 2.24) is 9.62 Å². The van der Waals surface area contributed by atoms with Crippen molar-refractivity contribution in [2.45, 2.75) is 94.8 Å². The van der Waals surface area contributed by atoms with E-state index in [0.717, 1.165) is 50.6 Å². The van der Waals surface area contributed by atoms with E-state index in [1.165, 1.54) is 11.1 Å². The zero-order valence-corrected chi connectivity index (χ0v) is 31.0. The Labute approximate surface area is 301 Å². The molecule has 9 nitrogen and oxygen atoms in total. The number of carbonyl (C=O) groups is 2. The summed E-state index contributed by atoms with van der Waals surface area (Å²) in [6, 6.07) is 11.3. The van der Waals surface area contributed by atoms with E-state index in [1.807, 2.05) is 24.0 Å². The van der Waals surface area contributed by atoms with Gasteiger partial charge in [0.1, 0.15) is 5.75 Å². The quantitative estimate of drug-likeness (QED) is 0.365. The number of rotatable bonds is 2. The number of carbonyl (C=O) groups excluding carboxylic acids is 2. The maximum Gasteiger partial charge on any atom is 0.264 e. The largest absolute Gasteiger partial charge is 0.490 e. The standard InChI is InChI=1S/C39H50ClN3O6S/c1-26-8-6-16-39(46,22-35(44)42-18-4-5-19-42)34-14-17-37(34,3)23-43-24-38(15-7-9-28-20-30(40)11-12-31(28)38)25-49-33-13-10-29(21-32(33)43)36(45)41-50(47,48)27(26)2/h6,10-13,16,20-21,26-27,34,46H,4-5,7-9,14-15,17-19,22-25H2,1-3H3,(H,41,45)/b16-6+/t26-,27+,34+,37?,38-,39+/m0/s1. The number of allylic oxidation sites excluding steroid dienone is 1. The van der Waals surface area contributed by atoms with Gasteiger partial charge in [0.05, 0.1) is 29.6 Å². The van der Waals surface area contributed by atoms with E-state index >= 15 is 0 Å². The number of sulfonamides is 1. The third-order valence-corrected chi connectivity index (χ3v) is 14.8. The zero-order chi connectivity index (χ0) is 35.5. The summed E-state index contributed by atoms with van der Waals surface area (Å²) in [4.78, 5) is 31.4. The van der Waals surface area contributed by atoms with Gasteiger partial charge in [-0.3, -0.25) is 9.59 Å². The maximum absolute atomic E-state index is 13.6. The Hall–Kier alpha value is -3.08. The summed E-state index contributed by atoms with van der Waals surface area (Å²) in [7, 11) is -4.03. The number of aryl methyl sites for hydroxylation is 1. The molecule has 3 aliphatic heterocycles. The third-order valence-electron chi connectivity index (χ3n) is 12.6. The molecule has 2 aromatic rings. The van der Waals surface area contributed by atoms with E-state index < -0.39 is 26.8 Å². The molecule has 3 heterocycles. The van der Waals surface area contributed by atoms with Crippen molar-refractivity contribution in [3.63, 3.8) is 0 Å². The first kappa shape index (κ1) is 35.3. The molecule has 6 atom stereocenters. The number of ether oxygens (including phenoxy) is 1. The summed E-state index contributed by atoms with van der Waals surface area (Å²) >= 11 is 6.46. The number of aliphatic hydroxyl groups is 1. The average molecular weight is 724 g/mol. The van der Waals surface area contributed by atoms with Crippen LogP contribution < -0.4 is 14.4 Å². The molecule has 11 heteroatoms. The Morgan fingerprint density at radius 2 is 1.86 bits per heavy atom. The molecule has 2 aromatic carbocycles. The molecule has 50 heavy (non-hydrogen) atoms. The summed E-state index contributed by atoms with van der Waals surface area (Å²) in [6.07, 6.45) is 10.4. The highest BCUT2D eigenvalue weighted by atomic mass is 35.5. The molecule has 2 fully saturated rings. The zero-order valence-electron chi connectivity index (χ0n) is 29.4. The molecule has 2 bridgehead atoms. The van der Waals surface area contributed by atoms with Crippen LogP contribution in [0, 0.1) is 17.3 Å². The lowest BCUT2D eigenvalue weighted by Crippen LogP contribution is -2.59. The molecular weight excluding hydrogens is 674 g/mol. The van der Waals surface area contributed by atoms with E-state index in [-0.39, 0.29) is 40.6 Å². The predicted octanol–water partition coefficient (Wildman–Crippen LogP) is 6.02. The highest BCUT2D eigenvalue weighted by Gasteiger charge is 2.55. The number of likely N-dealkylation sites (tertiary alicyclic amines) is 1. The summed E-state index contributed by atoms with van der Waals surface area (Å²) in [5, 5.41) is 12.4. The molecular formula is C39H50ClN3O6S. The molecule has 7 rings (SSSR count). The van der Waals surface area contributed by atoms with E-state index in [1.54, 1.807) is 31.2 Å². The predicted molar refractivity (Wildman–Crippen MR) is 195 cm³/mol. The molecule has 1 unspecified atom stereocenters. The van der Waals surface area contributed by atoms with Crippen LogP contribution in [0.2, 0.25) is 5.02 Å². The van der Waals surface area contributed by atoms with Crippen molar-refractivity contribution < 1.29 is 27.9 Å². The molecule has 2 aliphatic carbocycles. The molecule has 0 aromatic heterocycles. The van der Waals surface area contributed by atoms with E-state index in [9.17, 15) is 23.1 Å². The van der Waals surface area contributed by atoms with Crippen molar-refractivity contribution in [1.29, 1.82) is 0 Å². The van der Waals surface area contributed by atoms with Crippen LogP contribution in [0.25, 0.3) is 0 Å². The van der Waals surface area contributed by atoms with Crippen LogP contribution in [-0.2, 0) is 26.7 Å². The third kappa shape index (κ3) is 6.45. The van der Waals surface area contributed by atoms with Crippen LogP contribution in [0.4, 0.5) is 5.69 Å². The first-order chi connectivity index (χ1) is 23.7. The van der Waals surface area contributed by atoms with Gasteiger partial charge >= 0.3 is 0 Å². The number of nitrogens with zero attached hydrogens (tertiary/aromatic N) is 2. The lowest BCUT2D eigenvalue weighted by atomic mass is 9.54. The fourth-order valence-electron chi connectivity index (χ4n) is 9.38. The van der Waals surface area contributed by atoms with Gasteiger partial charge in [-0.1, -0.05) is 43.7 Å². The number of anilines is 1. The lowest BCUT2D eigenvalue weighted by Gasteiger charge is -2.56. The van der Waals surface area contributed by atoms with Gasteiger partial charge < -0.3 is 19.6 Å². The molecule has 2 amide bonds. The van der Waals surface area contributed by atoms with Crippen molar-refractivity contribution in [2.24, 2.45) is 17.3 Å². The summed E-state index contributed by atoms with van der Waals surface area (Å²) in [5.74, 6) is -0.650. The van der Waals surface area contributed by atoms with Crippen LogP contribution in [0.5, 0.6) is 5.75 Å². The van der Waals surface area contributed by atoms with Crippen LogP contribution in [0.15, 0.2) is 48.6 Å². The van der Waals surface area contributed by atoms with Crippen molar-refractivity contribution in [2.75, 3.05) is 37.7 Å². The lowest BCUT2D eigenvalue weighted by molar-refractivity contribution is -0.143. The summed E-state index contributed by atoms with van der Waals surface area (Å²) in [5.41, 5.74) is 1.26. The number of hydrogen-bond acceptors (Lipinski definition) is 7. The van der Waals surface area contributed by atoms with Crippen LogP contribution in [-0.4, -0.2) is 73.9 Å². The Bertz CT molecular complexity index is 1810. The maximum atomic E-state index is 13.6. The number of amides is 2. The number of halogens is 1. The van der Waals surface area contributed by atoms with Crippen molar-refractivity contribution >= 4 is 39.1 Å². The van der Waals surface area contributed by atoms with Gasteiger partial charge in [0.15, 0.2) is 0 Å². The smallest absolute Gasteiger partial charge is 0.264 e. The van der Waals surface area contributed by atoms with Crippen molar-refractivity contribution in [3.05, 3.63) is 70.3 Å². The number of nitrogens with one attached hydrogen (secondary N) is 1. The number of fused-ring (bicyclic) bond motifs is 4. The fraction of sp³-hybridized carbons (Fsp3) is 0.590. The first-order valence-electron chi connectivity index (χ1n) is 18.3. The Kier molecular flexibility index (Phi) is 9.30. The minimum atomic E-state index is -4.03. The highest BCUT2D eigenvalue weighted by Crippen LogP contribution is 2.55. The van der Waals surface area contributed by atoms with E-state index in [0.29, 0.717) is 50.0 Å². The van der Waals surface area contributed by atoms with Gasteiger partial charge in [-0.15, -0.1) is 0 Å². The molecule has 5 aliphatic rings. The van der Waals surface area contributed by atoms with Crippen LogP contribution >= 0.6 is 11.6 Å². The molecule has 0 radical (unpaired) electrons. The van der Waals surface area contributed by atoms with Gasteiger partial charge in [-0.2, -0.15) is 0 Å². The van der Waals surface area contributed by atoms with Crippen LogP contribution in [0.3, 0.4) is 0 Å². The molecule has 1 spiro atoms. The van der Waals surface area contributed by atoms with Gasteiger partial charge in [0.25, 0.3) is 5.91 Å². The number of hydrogen-bond donors (Lipinski definition) is 2. The summed E-state index contributed by atoms with van der Waals surface area (Å²) < 4.78 is 35.9. The van der Waals surface area contributed by atoms with Crippen molar-refractivity contribution in [3.8, 4) is 5.75 Å². The van der Waals surface area contributed by atoms with E-state index in [4.69, 9.17) is 16.3 Å². The monoisotopic (exact) mass is 723 g/mol. The molecule has 270 valence electrons. The van der Waals surface area contributed by atoms with Crippen LogP contribution in [0.1, 0.15) is 93.6 Å². The Balaban J connectivity index is 1.33. The Morgan fingerprint density at radius 1 is 1.08 bits per heavy atom. The SMILES string of the molecule is C[C@@H]1[C@@H](C)C/C=C/[C@@](O)(CC(=O)N2CCCC2)[C@@H]2CCC2(C)CN2C[C@@]3(CCCc4cc(Cl)ccc43)COc3ccc(cc32)C(=O)NS1(=O)=O. The van der Waals surface area contributed by atoms with Gasteiger partial charge in [-0.05, 0) is 117 Å². The second-order valence-electron chi connectivity index (χ2n) is 16.1. The minimum absolute atomic E-state index is 0.00995. The normalized spacial score (nSPS) is 34.4. The molecule has 1 saturated carbocycles. The topological polar surface area (TPSA) is 116 Å². The fourth-order valence-corrected chi connectivity index (χ4v) is 10.9. The number of benzene rings is 2. The summed E-state index contributed by atoms with van der Waals surface area (Å²) in [6.45, 7) is 8.67. The van der Waals surface area contributed by atoms with Gasteiger partial charge in [0.2, 0.25) is 15.9 Å². The highest BCUT2D eigenvalue weighted by molar-refractivity contribution is 7.90. The van der Waals surface area contributed by atoms with E-state index in [2.05, 4.69) is 28.7 Å². The first-order valence-corrected chi connectivity index (χ1v) is 20.2. The van der Waals surface area contributed by atoms with Gasteiger partial charge in [-0.25, -0.2) is 13.1 Å². The second kappa shape index (κ2) is 13.2. The molecule has 2 N–H and O–H groups in total. The van der Waals surface area contributed by atoms with Gasteiger partial charge in [0, 0.05) is 42.2 Å². The second-order valence-corrected chi connectivity index (χ2v) is 18.5. The average Bonchev–Trinajstić information content (AvgIpc) is 3.56. The molecule has 1 saturated heterocycles.